The zero-order chi connectivity index (χ0) is 6.27. The summed E-state index contributed by atoms with van der Waals surface area (Å²) in [6, 6.07) is 0.220. The molecule has 3 N–H and O–H groups in total. The number of nitrogens with zero attached hydrogens (tertiary/aromatic N) is 3. The molecule has 6 heteroatoms. The third-order valence-corrected chi connectivity index (χ3v) is 0.866. The highest BCUT2D eigenvalue weighted by molar-refractivity contribution is 5.34. The zero-order valence-corrected chi connectivity index (χ0v) is 4.33. The van der Waals surface area contributed by atoms with Crippen LogP contribution in [0.15, 0.2) is 0 Å². The number of fused-ring (bicyclic) bond motifs is 2. The van der Waals surface area contributed by atoms with Crippen LogP contribution in [0, 0.1) is 0 Å². The lowest BCUT2D eigenvalue weighted by Gasteiger charge is -1.84. The minimum absolute atomic E-state index is 0.167. The SMILES string of the molecule is Nc1nc2nc(n1)ON2. The van der Waals surface area contributed by atoms with E-state index in [4.69, 9.17) is 5.73 Å². The van der Waals surface area contributed by atoms with Crippen molar-refractivity contribution in [2.75, 3.05) is 11.2 Å². The molecule has 9 heavy (non-hydrogen) atoms. The number of aromatic nitrogens is 3. The summed E-state index contributed by atoms with van der Waals surface area (Å²) in [5, 5.41) is 0. The van der Waals surface area contributed by atoms with Gasteiger partial charge in [0.25, 0.3) is 5.95 Å². The maximum Gasteiger partial charge on any atom is 0.349 e. The molecule has 6 nitrogen and oxygen atoms in total. The number of hydrogen-bond acceptors (Lipinski definition) is 6. The molecule has 0 unspecified atom stereocenters. The number of nitrogen functional groups attached to an aromatic ring is 1. The first kappa shape index (κ1) is 4.30. The molecule has 2 bridgehead atoms. The molecular weight excluding hydrogens is 122 g/mol. The Kier molecular flexibility index (Phi) is 0.583. The van der Waals surface area contributed by atoms with Gasteiger partial charge in [-0.15, -0.1) is 0 Å². The minimum atomic E-state index is 0.167. The summed E-state index contributed by atoms with van der Waals surface area (Å²) in [5.74, 6) is 0.525. The summed E-state index contributed by atoms with van der Waals surface area (Å²) in [6.07, 6.45) is 0. The van der Waals surface area contributed by atoms with Gasteiger partial charge in [-0.3, -0.25) is 0 Å². The standard InChI is InChI=1S/C3H3N5O/c4-1-5-2-7-3(6-1)9-8-2/h(H3,4,5,6,7,8). The molecule has 2 rings (SSSR count). The highest BCUT2D eigenvalue weighted by Crippen LogP contribution is 2.13. The van der Waals surface area contributed by atoms with Gasteiger partial charge in [0.1, 0.15) is 0 Å². The van der Waals surface area contributed by atoms with Crippen LogP contribution in [0.1, 0.15) is 0 Å². The van der Waals surface area contributed by atoms with Gasteiger partial charge in [0.05, 0.1) is 0 Å². The highest BCUT2D eigenvalue weighted by Gasteiger charge is 2.12. The van der Waals surface area contributed by atoms with Crippen LogP contribution in [0.5, 0.6) is 6.01 Å². The van der Waals surface area contributed by atoms with E-state index < -0.39 is 0 Å². The van der Waals surface area contributed by atoms with Crippen LogP contribution in [0.4, 0.5) is 11.9 Å². The molecule has 0 aromatic carbocycles. The van der Waals surface area contributed by atoms with E-state index >= 15 is 0 Å². The second-order valence-electron chi connectivity index (χ2n) is 1.50. The Morgan fingerprint density at radius 3 is 3.00 bits per heavy atom. The van der Waals surface area contributed by atoms with Crippen molar-refractivity contribution >= 4 is 11.9 Å². The van der Waals surface area contributed by atoms with Crippen LogP contribution >= 0.6 is 0 Å². The zero-order valence-electron chi connectivity index (χ0n) is 4.33. The van der Waals surface area contributed by atoms with Gasteiger partial charge >= 0.3 is 6.01 Å². The summed E-state index contributed by atoms with van der Waals surface area (Å²) in [4.78, 5) is 15.6. The van der Waals surface area contributed by atoms with Gasteiger partial charge in [0, 0.05) is 0 Å². The first-order chi connectivity index (χ1) is 4.34. The van der Waals surface area contributed by atoms with Gasteiger partial charge in [-0.25, -0.2) is 0 Å². The molecule has 0 fully saturated rings. The average Bonchev–Trinajstić information content (AvgIpc) is 2.11. The fraction of sp³-hybridized carbons (Fsp3) is 0. The number of hydrogen-bond donors (Lipinski definition) is 2. The summed E-state index contributed by atoms with van der Waals surface area (Å²) in [7, 11) is 0. The number of anilines is 2. The van der Waals surface area contributed by atoms with Crippen LogP contribution in [-0.2, 0) is 0 Å². The average molecular weight is 125 g/mol. The van der Waals surface area contributed by atoms with Crippen LogP contribution in [-0.4, -0.2) is 15.0 Å². The summed E-state index contributed by atoms with van der Waals surface area (Å²) in [6.45, 7) is 0. The van der Waals surface area contributed by atoms with Gasteiger partial charge in [0.15, 0.2) is 0 Å². The van der Waals surface area contributed by atoms with E-state index in [0.717, 1.165) is 0 Å². The fourth-order valence-corrected chi connectivity index (χ4v) is 0.555. The Bertz CT molecular complexity index is 226. The van der Waals surface area contributed by atoms with Crippen molar-refractivity contribution in [2.45, 2.75) is 0 Å². The van der Waals surface area contributed by atoms with E-state index in [9.17, 15) is 0 Å². The predicted octanol–water partition coefficient (Wildman–Crippen LogP) is -0.827. The Labute approximate surface area is 50.0 Å². The second kappa shape index (κ2) is 1.22. The van der Waals surface area contributed by atoms with Crippen molar-refractivity contribution in [2.24, 2.45) is 0 Å². The molecule has 0 aliphatic carbocycles. The van der Waals surface area contributed by atoms with E-state index in [0.29, 0.717) is 5.95 Å². The van der Waals surface area contributed by atoms with E-state index in [1.54, 1.807) is 0 Å². The Hall–Kier alpha value is -1.59. The molecule has 0 saturated carbocycles. The van der Waals surface area contributed by atoms with Crippen molar-refractivity contribution < 1.29 is 4.84 Å². The summed E-state index contributed by atoms with van der Waals surface area (Å²) < 4.78 is 0. The van der Waals surface area contributed by atoms with E-state index in [1.807, 2.05) is 0 Å². The smallest absolute Gasteiger partial charge is 0.349 e. The molecular formula is C3H3N5O. The first-order valence-electron chi connectivity index (χ1n) is 2.29. The molecule has 2 heterocycles. The van der Waals surface area contributed by atoms with E-state index in [1.165, 1.54) is 0 Å². The lowest BCUT2D eigenvalue weighted by molar-refractivity contribution is 0.401. The van der Waals surface area contributed by atoms with Crippen molar-refractivity contribution in [1.82, 2.24) is 15.0 Å². The third kappa shape index (κ3) is 0.525. The van der Waals surface area contributed by atoms with Crippen LogP contribution < -0.4 is 16.1 Å². The fourth-order valence-electron chi connectivity index (χ4n) is 0.555. The molecule has 1 aromatic rings. The molecule has 0 saturated heterocycles. The predicted molar refractivity (Wildman–Crippen MR) is 28.5 cm³/mol. The maximum absolute atomic E-state index is 5.22. The maximum atomic E-state index is 5.22. The topological polar surface area (TPSA) is 86.0 Å². The molecule has 1 aromatic heterocycles. The van der Waals surface area contributed by atoms with Crippen molar-refractivity contribution in [3.8, 4) is 6.01 Å². The van der Waals surface area contributed by atoms with Crippen molar-refractivity contribution in [3.05, 3.63) is 0 Å². The van der Waals surface area contributed by atoms with Gasteiger partial charge in [-0.1, -0.05) is 0 Å². The molecule has 0 atom stereocenters. The third-order valence-electron chi connectivity index (χ3n) is 0.866. The molecule has 0 amide bonds. The number of rotatable bonds is 0. The van der Waals surface area contributed by atoms with E-state index in [-0.39, 0.29) is 12.0 Å². The summed E-state index contributed by atoms with van der Waals surface area (Å²) >= 11 is 0. The molecule has 46 valence electrons. The number of nitrogens with one attached hydrogen (secondary N) is 1. The monoisotopic (exact) mass is 125 g/mol. The van der Waals surface area contributed by atoms with Crippen molar-refractivity contribution in [1.29, 1.82) is 0 Å². The van der Waals surface area contributed by atoms with Gasteiger partial charge in [0.2, 0.25) is 5.95 Å². The Balaban J connectivity index is 2.64. The largest absolute Gasteiger partial charge is 0.368 e. The highest BCUT2D eigenvalue weighted by atomic mass is 16.7. The van der Waals surface area contributed by atoms with Gasteiger partial charge in [-0.05, 0) is 0 Å². The van der Waals surface area contributed by atoms with Gasteiger partial charge < -0.3 is 10.6 Å². The first-order valence-corrected chi connectivity index (χ1v) is 2.29. The normalized spacial score (nSPS) is 12.4. The summed E-state index contributed by atoms with van der Waals surface area (Å²) in [5.41, 5.74) is 7.62. The minimum Gasteiger partial charge on any atom is -0.368 e. The van der Waals surface area contributed by atoms with Crippen molar-refractivity contribution in [3.63, 3.8) is 0 Å². The number of nitrogens with two attached hydrogens (primary N) is 1. The Morgan fingerprint density at radius 2 is 2.22 bits per heavy atom. The van der Waals surface area contributed by atoms with Crippen LogP contribution in [0.2, 0.25) is 0 Å². The van der Waals surface area contributed by atoms with Gasteiger partial charge in [-0.2, -0.15) is 20.4 Å². The van der Waals surface area contributed by atoms with E-state index in [2.05, 4.69) is 25.3 Å². The Morgan fingerprint density at radius 1 is 1.33 bits per heavy atom. The molecule has 0 spiro atoms. The molecule has 1 aliphatic rings. The lowest BCUT2D eigenvalue weighted by Crippen LogP contribution is -1.96. The molecule has 0 radical (unpaired) electrons. The second-order valence-corrected chi connectivity index (χ2v) is 1.50. The van der Waals surface area contributed by atoms with Crippen LogP contribution in [0.3, 0.4) is 0 Å². The van der Waals surface area contributed by atoms with Crippen LogP contribution in [0.25, 0.3) is 0 Å². The quantitative estimate of drug-likeness (QED) is 0.470. The lowest BCUT2D eigenvalue weighted by atomic mass is 10.9. The molecule has 1 aliphatic heterocycles.